The number of nitrogens with two attached hydrogens (primary N) is 1. The fourth-order valence-electron chi connectivity index (χ4n) is 3.25. The molecule has 26 heavy (non-hydrogen) atoms. The van der Waals surface area contributed by atoms with Crippen molar-refractivity contribution in [2.45, 2.75) is 51.5 Å². The molecule has 0 atom stereocenters. The first-order valence-corrected chi connectivity index (χ1v) is 9.54. The summed E-state index contributed by atoms with van der Waals surface area (Å²) in [7, 11) is 0. The van der Waals surface area contributed by atoms with E-state index in [1.807, 2.05) is 33.8 Å². The second-order valence-electron chi connectivity index (χ2n) is 8.13. The van der Waals surface area contributed by atoms with Crippen molar-refractivity contribution in [2.75, 3.05) is 19.6 Å². The second-order valence-corrected chi connectivity index (χ2v) is 8.13. The molecule has 1 amide bonds. The molecule has 5 nitrogen and oxygen atoms in total. The number of benzene rings is 1. The summed E-state index contributed by atoms with van der Waals surface area (Å²) < 4.78 is 2.04. The van der Waals surface area contributed by atoms with Crippen molar-refractivity contribution in [1.29, 1.82) is 0 Å². The van der Waals surface area contributed by atoms with E-state index in [1.165, 1.54) is 24.1 Å². The van der Waals surface area contributed by atoms with Gasteiger partial charge in [0.05, 0.1) is 5.54 Å². The summed E-state index contributed by atoms with van der Waals surface area (Å²) in [5.74, 6) is 0.534. The Kier molecular flexibility index (Phi) is 5.47. The molecule has 0 saturated heterocycles. The van der Waals surface area contributed by atoms with Gasteiger partial charge in [-0.2, -0.15) is 5.10 Å². The van der Waals surface area contributed by atoms with Crippen LogP contribution in [0.25, 0.3) is 0 Å². The minimum absolute atomic E-state index is 0.0173. The highest BCUT2D eigenvalue weighted by molar-refractivity contribution is 5.92. The number of amides is 1. The van der Waals surface area contributed by atoms with Crippen LogP contribution in [0.2, 0.25) is 0 Å². The van der Waals surface area contributed by atoms with E-state index < -0.39 is 0 Å². The van der Waals surface area contributed by atoms with Crippen LogP contribution in [-0.2, 0) is 12.0 Å². The molecule has 1 aliphatic rings. The maximum Gasteiger partial charge on any atom is 0.274 e. The molecule has 1 heterocycles. The Labute approximate surface area is 156 Å². The van der Waals surface area contributed by atoms with Gasteiger partial charge in [0.15, 0.2) is 5.69 Å². The normalized spacial score (nSPS) is 14.5. The summed E-state index contributed by atoms with van der Waals surface area (Å²) in [6.45, 7) is 8.05. The zero-order valence-corrected chi connectivity index (χ0v) is 16.1. The van der Waals surface area contributed by atoms with Crippen LogP contribution in [0.15, 0.2) is 36.4 Å². The van der Waals surface area contributed by atoms with Crippen LogP contribution in [0.1, 0.15) is 61.3 Å². The van der Waals surface area contributed by atoms with Crippen LogP contribution < -0.4 is 5.73 Å². The van der Waals surface area contributed by atoms with Crippen LogP contribution >= 0.6 is 0 Å². The molecule has 1 aromatic heterocycles. The zero-order valence-electron chi connectivity index (χ0n) is 16.1. The van der Waals surface area contributed by atoms with Gasteiger partial charge in [0.25, 0.3) is 5.91 Å². The van der Waals surface area contributed by atoms with Crippen LogP contribution in [-0.4, -0.2) is 40.2 Å². The standard InChI is InChI=1S/C21H30N4O/c1-21(2,3)25-19(17-9-10-17)15-18(23-25)20(26)24(14-12-22)13-11-16-7-5-4-6-8-16/h4-8,15,17H,9-14,22H2,1-3H3. The molecule has 0 spiro atoms. The predicted octanol–water partition coefficient (Wildman–Crippen LogP) is 3.16. The van der Waals surface area contributed by atoms with Gasteiger partial charge in [-0.1, -0.05) is 30.3 Å². The summed E-state index contributed by atoms with van der Waals surface area (Å²) in [4.78, 5) is 14.9. The lowest BCUT2D eigenvalue weighted by molar-refractivity contribution is 0.0754. The average Bonchev–Trinajstić information content (AvgIpc) is 3.35. The van der Waals surface area contributed by atoms with Gasteiger partial charge in [-0.3, -0.25) is 9.48 Å². The van der Waals surface area contributed by atoms with Crippen LogP contribution in [0.5, 0.6) is 0 Å². The average molecular weight is 354 g/mol. The van der Waals surface area contributed by atoms with Crippen molar-refractivity contribution in [3.8, 4) is 0 Å². The van der Waals surface area contributed by atoms with Crippen molar-refractivity contribution in [3.05, 3.63) is 53.3 Å². The van der Waals surface area contributed by atoms with Gasteiger partial charge in [0.2, 0.25) is 0 Å². The summed E-state index contributed by atoms with van der Waals surface area (Å²) in [6, 6.07) is 12.2. The van der Waals surface area contributed by atoms with E-state index in [-0.39, 0.29) is 11.4 Å². The number of carbonyl (C=O) groups is 1. The number of aromatic nitrogens is 2. The van der Waals surface area contributed by atoms with Gasteiger partial charge in [0.1, 0.15) is 0 Å². The minimum atomic E-state index is -0.126. The van der Waals surface area contributed by atoms with Crippen molar-refractivity contribution in [3.63, 3.8) is 0 Å². The molecule has 140 valence electrons. The van der Waals surface area contributed by atoms with Crippen molar-refractivity contribution in [2.24, 2.45) is 5.73 Å². The molecule has 1 aliphatic carbocycles. The van der Waals surface area contributed by atoms with Crippen LogP contribution in [0.3, 0.4) is 0 Å². The SMILES string of the molecule is CC(C)(C)n1nc(C(=O)N(CCN)CCc2ccccc2)cc1C1CC1. The highest BCUT2D eigenvalue weighted by atomic mass is 16.2. The van der Waals surface area contributed by atoms with Gasteiger partial charge in [-0.25, -0.2) is 0 Å². The molecule has 2 aromatic rings. The molecular formula is C21H30N4O. The third-order valence-electron chi connectivity index (χ3n) is 4.79. The molecule has 0 aliphatic heterocycles. The first-order chi connectivity index (χ1) is 12.4. The highest BCUT2D eigenvalue weighted by Gasteiger charge is 2.33. The van der Waals surface area contributed by atoms with E-state index >= 15 is 0 Å². The van der Waals surface area contributed by atoms with E-state index in [0.717, 1.165) is 6.42 Å². The van der Waals surface area contributed by atoms with Gasteiger partial charge in [-0.15, -0.1) is 0 Å². The van der Waals surface area contributed by atoms with Crippen molar-refractivity contribution < 1.29 is 4.79 Å². The first-order valence-electron chi connectivity index (χ1n) is 9.54. The van der Waals surface area contributed by atoms with E-state index in [0.29, 0.717) is 31.2 Å². The number of rotatable bonds is 7. The Bertz CT molecular complexity index is 741. The Hall–Kier alpha value is -2.14. The number of nitrogens with zero attached hydrogens (tertiary/aromatic N) is 3. The first kappa shape index (κ1) is 18.6. The minimum Gasteiger partial charge on any atom is -0.336 e. The Morgan fingerprint density at radius 2 is 1.92 bits per heavy atom. The largest absolute Gasteiger partial charge is 0.336 e. The molecule has 0 unspecified atom stereocenters. The van der Waals surface area contributed by atoms with Gasteiger partial charge in [0, 0.05) is 31.2 Å². The third kappa shape index (κ3) is 4.33. The Morgan fingerprint density at radius 3 is 2.50 bits per heavy atom. The number of hydrogen-bond donors (Lipinski definition) is 1. The maximum atomic E-state index is 13.1. The van der Waals surface area contributed by atoms with E-state index in [9.17, 15) is 4.79 Å². The predicted molar refractivity (Wildman–Crippen MR) is 104 cm³/mol. The molecule has 1 fully saturated rings. The van der Waals surface area contributed by atoms with Crippen molar-refractivity contribution >= 4 is 5.91 Å². The summed E-state index contributed by atoms with van der Waals surface area (Å²) in [5, 5.41) is 4.69. The van der Waals surface area contributed by atoms with Gasteiger partial charge >= 0.3 is 0 Å². The molecule has 0 radical (unpaired) electrons. The highest BCUT2D eigenvalue weighted by Crippen LogP contribution is 2.41. The zero-order chi connectivity index (χ0) is 18.7. The molecular weight excluding hydrogens is 324 g/mol. The monoisotopic (exact) mass is 354 g/mol. The summed E-state index contributed by atoms with van der Waals surface area (Å²) in [6.07, 6.45) is 3.20. The van der Waals surface area contributed by atoms with Gasteiger partial charge in [-0.05, 0) is 51.7 Å². The van der Waals surface area contributed by atoms with Gasteiger partial charge < -0.3 is 10.6 Å². The van der Waals surface area contributed by atoms with Crippen LogP contribution in [0, 0.1) is 0 Å². The van der Waals surface area contributed by atoms with Crippen molar-refractivity contribution in [1.82, 2.24) is 14.7 Å². The Morgan fingerprint density at radius 1 is 1.23 bits per heavy atom. The molecule has 3 rings (SSSR count). The quantitative estimate of drug-likeness (QED) is 0.831. The third-order valence-corrected chi connectivity index (χ3v) is 4.79. The fourth-order valence-corrected chi connectivity index (χ4v) is 3.25. The van der Waals surface area contributed by atoms with E-state index in [1.54, 1.807) is 0 Å². The fraction of sp³-hybridized carbons (Fsp3) is 0.524. The number of carbonyl (C=O) groups excluding carboxylic acids is 1. The second kappa shape index (κ2) is 7.62. The molecule has 5 heteroatoms. The van der Waals surface area contributed by atoms with E-state index in [2.05, 4.69) is 38.0 Å². The molecule has 2 N–H and O–H groups in total. The smallest absolute Gasteiger partial charge is 0.274 e. The topological polar surface area (TPSA) is 64.2 Å². The lowest BCUT2D eigenvalue weighted by atomic mass is 10.1. The lowest BCUT2D eigenvalue weighted by Crippen LogP contribution is -2.37. The number of hydrogen-bond acceptors (Lipinski definition) is 3. The molecule has 1 saturated carbocycles. The molecule has 0 bridgehead atoms. The molecule has 1 aromatic carbocycles. The summed E-state index contributed by atoms with van der Waals surface area (Å²) >= 11 is 0. The lowest BCUT2D eigenvalue weighted by Gasteiger charge is -2.23. The maximum absolute atomic E-state index is 13.1. The van der Waals surface area contributed by atoms with E-state index in [4.69, 9.17) is 5.73 Å². The Balaban J connectivity index is 1.78. The summed E-state index contributed by atoms with van der Waals surface area (Å²) in [5.41, 5.74) is 8.59. The van der Waals surface area contributed by atoms with Crippen LogP contribution in [0.4, 0.5) is 0 Å².